The molecule has 1 saturated carbocycles. The van der Waals surface area contributed by atoms with Crippen molar-refractivity contribution in [3.05, 3.63) is 53.1 Å². The topological polar surface area (TPSA) is 62.5 Å². The van der Waals surface area contributed by atoms with E-state index in [9.17, 15) is 5.11 Å². The van der Waals surface area contributed by atoms with E-state index in [0.717, 1.165) is 30.6 Å². The smallest absolute Gasteiger partial charge is 0.118 e. The van der Waals surface area contributed by atoms with Gasteiger partial charge in [0.1, 0.15) is 16.9 Å². The Kier molecular flexibility index (Phi) is 9.41. The number of nitrogens with zero attached hydrogens (tertiary/aromatic N) is 1. The van der Waals surface area contributed by atoms with Crippen molar-refractivity contribution in [2.24, 2.45) is 11.8 Å². The van der Waals surface area contributed by atoms with Crippen molar-refractivity contribution < 1.29 is 14.6 Å². The minimum atomic E-state index is -0.398. The minimum Gasteiger partial charge on any atom is -0.497 e. The lowest BCUT2D eigenvalue weighted by atomic mass is 9.76. The van der Waals surface area contributed by atoms with E-state index in [2.05, 4.69) is 0 Å². The standard InChI is InChI=1S/C22H28ClNO3/c1-26-20-12-10-17(11-13-20)15-27-16-18-6-2-4-8-21(18)22(25)9-5-3-7-19(23)14-24/h3,5,7,10-13,18,21-22,25H,2,4,6,8-9,15-16H2,1H3/b5-3+,19-7-/t18-,21+,22?/m0/s1. The molecule has 0 aromatic heterocycles. The third-order valence-electron chi connectivity index (χ3n) is 5.08. The maximum Gasteiger partial charge on any atom is 0.118 e. The molecule has 3 atom stereocenters. The molecule has 146 valence electrons. The summed E-state index contributed by atoms with van der Waals surface area (Å²) in [5.74, 6) is 1.46. The molecule has 0 radical (unpaired) electrons. The van der Waals surface area contributed by atoms with Crippen molar-refractivity contribution in [3.8, 4) is 11.8 Å². The molecule has 0 bridgehead atoms. The molecular formula is C22H28ClNO3. The van der Waals surface area contributed by atoms with Gasteiger partial charge in [-0.1, -0.05) is 48.7 Å². The number of halogens is 1. The normalized spacial score (nSPS) is 21.8. The summed E-state index contributed by atoms with van der Waals surface area (Å²) in [7, 11) is 1.66. The third kappa shape index (κ3) is 7.38. The predicted molar refractivity (Wildman–Crippen MR) is 107 cm³/mol. The average Bonchev–Trinajstić information content (AvgIpc) is 2.71. The first-order chi connectivity index (χ1) is 13.1. The highest BCUT2D eigenvalue weighted by Gasteiger charge is 2.30. The van der Waals surface area contributed by atoms with Gasteiger partial charge in [0.05, 0.1) is 26.4 Å². The van der Waals surface area contributed by atoms with Gasteiger partial charge in [-0.25, -0.2) is 0 Å². The van der Waals surface area contributed by atoms with Gasteiger partial charge in [0.25, 0.3) is 0 Å². The van der Waals surface area contributed by atoms with Crippen LogP contribution >= 0.6 is 11.6 Å². The number of nitriles is 1. The Labute approximate surface area is 167 Å². The van der Waals surface area contributed by atoms with Crippen molar-refractivity contribution in [2.75, 3.05) is 13.7 Å². The molecule has 4 nitrogen and oxygen atoms in total. The Morgan fingerprint density at radius 1 is 1.33 bits per heavy atom. The molecule has 1 aliphatic rings. The average molecular weight is 390 g/mol. The van der Waals surface area contributed by atoms with Crippen LogP contribution in [-0.4, -0.2) is 24.9 Å². The summed E-state index contributed by atoms with van der Waals surface area (Å²) in [5.41, 5.74) is 1.12. The monoisotopic (exact) mass is 389 g/mol. The first-order valence-electron chi connectivity index (χ1n) is 9.45. The Hall–Kier alpha value is -1.80. The van der Waals surface area contributed by atoms with Gasteiger partial charge in [-0.05, 0) is 54.9 Å². The molecule has 27 heavy (non-hydrogen) atoms. The number of aliphatic hydroxyl groups is 1. The zero-order chi connectivity index (χ0) is 19.5. The summed E-state index contributed by atoms with van der Waals surface area (Å²) in [6, 6.07) is 9.75. The predicted octanol–water partition coefficient (Wildman–Crippen LogP) is 4.97. The molecule has 0 spiro atoms. The largest absolute Gasteiger partial charge is 0.497 e. The number of rotatable bonds is 9. The zero-order valence-electron chi connectivity index (χ0n) is 15.8. The van der Waals surface area contributed by atoms with E-state index >= 15 is 0 Å². The summed E-state index contributed by atoms with van der Waals surface area (Å²) in [6.07, 6.45) is 9.77. The molecule has 0 heterocycles. The van der Waals surface area contributed by atoms with Gasteiger partial charge in [0.2, 0.25) is 0 Å². The Balaban J connectivity index is 1.81. The molecule has 1 N–H and O–H groups in total. The minimum absolute atomic E-state index is 0.142. The number of methoxy groups -OCH3 is 1. The van der Waals surface area contributed by atoms with Crippen molar-refractivity contribution >= 4 is 11.6 Å². The van der Waals surface area contributed by atoms with Gasteiger partial charge >= 0.3 is 0 Å². The summed E-state index contributed by atoms with van der Waals surface area (Å²) < 4.78 is 11.1. The van der Waals surface area contributed by atoms with Crippen LogP contribution in [0.4, 0.5) is 0 Å². The van der Waals surface area contributed by atoms with Crippen LogP contribution in [-0.2, 0) is 11.3 Å². The van der Waals surface area contributed by atoms with Crippen LogP contribution in [0.5, 0.6) is 5.75 Å². The first-order valence-corrected chi connectivity index (χ1v) is 9.83. The lowest BCUT2D eigenvalue weighted by Crippen LogP contribution is -2.33. The van der Waals surface area contributed by atoms with Gasteiger partial charge in [0.15, 0.2) is 0 Å². The maximum absolute atomic E-state index is 10.6. The molecular weight excluding hydrogens is 362 g/mol. The Morgan fingerprint density at radius 2 is 2.07 bits per heavy atom. The van der Waals surface area contributed by atoms with Crippen molar-refractivity contribution in [2.45, 2.75) is 44.8 Å². The van der Waals surface area contributed by atoms with Gasteiger partial charge < -0.3 is 14.6 Å². The van der Waals surface area contributed by atoms with E-state index in [1.165, 1.54) is 6.42 Å². The first kappa shape index (κ1) is 21.5. The van der Waals surface area contributed by atoms with Gasteiger partial charge in [-0.15, -0.1) is 0 Å². The van der Waals surface area contributed by atoms with Crippen LogP contribution in [0.15, 0.2) is 47.5 Å². The van der Waals surface area contributed by atoms with Crippen LogP contribution in [0, 0.1) is 23.2 Å². The highest BCUT2D eigenvalue weighted by atomic mass is 35.5. The van der Waals surface area contributed by atoms with Crippen LogP contribution in [0.25, 0.3) is 0 Å². The van der Waals surface area contributed by atoms with Crippen LogP contribution in [0.3, 0.4) is 0 Å². The SMILES string of the molecule is COc1ccc(COC[C@@H]2CCCC[C@H]2C(O)C/C=C/C=C(\Cl)C#N)cc1. The Bertz CT molecular complexity index is 663. The van der Waals surface area contributed by atoms with Crippen molar-refractivity contribution in [3.63, 3.8) is 0 Å². The van der Waals surface area contributed by atoms with E-state index in [1.54, 1.807) is 19.3 Å². The number of ether oxygens (including phenoxy) is 2. The van der Waals surface area contributed by atoms with Crippen LogP contribution in [0.1, 0.15) is 37.7 Å². The Morgan fingerprint density at radius 3 is 2.78 bits per heavy atom. The zero-order valence-corrected chi connectivity index (χ0v) is 16.6. The van der Waals surface area contributed by atoms with E-state index in [0.29, 0.717) is 25.6 Å². The summed E-state index contributed by atoms with van der Waals surface area (Å²) in [4.78, 5) is 0. The van der Waals surface area contributed by atoms with E-state index in [-0.39, 0.29) is 11.0 Å². The molecule has 0 saturated heterocycles. The van der Waals surface area contributed by atoms with Crippen LogP contribution in [0.2, 0.25) is 0 Å². The summed E-state index contributed by atoms with van der Waals surface area (Å²) >= 11 is 5.64. The molecule has 0 aliphatic heterocycles. The molecule has 1 aromatic rings. The molecule has 0 amide bonds. The highest BCUT2D eigenvalue weighted by Crippen LogP contribution is 2.34. The number of hydrogen-bond acceptors (Lipinski definition) is 4. The molecule has 2 rings (SSSR count). The van der Waals surface area contributed by atoms with Crippen molar-refractivity contribution in [1.29, 1.82) is 5.26 Å². The van der Waals surface area contributed by atoms with Gasteiger partial charge in [0, 0.05) is 0 Å². The fraction of sp³-hybridized carbons (Fsp3) is 0.500. The molecule has 1 fully saturated rings. The van der Waals surface area contributed by atoms with E-state index < -0.39 is 6.10 Å². The summed E-state index contributed by atoms with van der Waals surface area (Å²) in [6.45, 7) is 1.23. The number of aliphatic hydroxyl groups excluding tert-OH is 1. The molecule has 1 unspecified atom stereocenters. The number of allylic oxidation sites excluding steroid dienone is 3. The fourth-order valence-corrected chi connectivity index (χ4v) is 3.66. The lowest BCUT2D eigenvalue weighted by Gasteiger charge is -2.34. The van der Waals surface area contributed by atoms with Gasteiger partial charge in [-0.3, -0.25) is 0 Å². The second kappa shape index (κ2) is 11.8. The second-order valence-corrected chi connectivity index (χ2v) is 7.34. The number of hydrogen-bond donors (Lipinski definition) is 1. The van der Waals surface area contributed by atoms with Gasteiger partial charge in [-0.2, -0.15) is 5.26 Å². The quantitative estimate of drug-likeness (QED) is 0.478. The fourth-order valence-electron chi connectivity index (χ4n) is 3.58. The molecule has 1 aromatic carbocycles. The second-order valence-electron chi connectivity index (χ2n) is 6.93. The lowest BCUT2D eigenvalue weighted by molar-refractivity contribution is -0.00325. The summed E-state index contributed by atoms with van der Waals surface area (Å²) in [5, 5.41) is 19.4. The van der Waals surface area contributed by atoms with Crippen molar-refractivity contribution in [1.82, 2.24) is 0 Å². The van der Waals surface area contributed by atoms with E-state index in [1.807, 2.05) is 36.4 Å². The maximum atomic E-state index is 10.6. The van der Waals surface area contributed by atoms with E-state index in [4.69, 9.17) is 26.3 Å². The number of benzene rings is 1. The highest BCUT2D eigenvalue weighted by molar-refractivity contribution is 6.31. The van der Waals surface area contributed by atoms with Crippen LogP contribution < -0.4 is 4.74 Å². The third-order valence-corrected chi connectivity index (χ3v) is 5.30. The molecule has 1 aliphatic carbocycles. The molecule has 5 heteroatoms.